The Hall–Kier alpha value is -1.55. The Morgan fingerprint density at radius 1 is 1.19 bits per heavy atom. The van der Waals surface area contributed by atoms with Gasteiger partial charge in [-0.1, -0.05) is 23.9 Å². The first kappa shape index (κ1) is 11.0. The minimum absolute atomic E-state index is 0.750. The standard InChI is InChI=1S/C12H13N3S/c1-8-6-11(15-12(14-8)16-2)9-4-3-5-10(13)7-9/h3-7H,13H2,1-2H3. The van der Waals surface area contributed by atoms with Gasteiger partial charge in [0.25, 0.3) is 0 Å². The van der Waals surface area contributed by atoms with Gasteiger partial charge in [-0.15, -0.1) is 0 Å². The normalized spacial score (nSPS) is 10.4. The Balaban J connectivity index is 2.51. The third kappa shape index (κ3) is 2.33. The van der Waals surface area contributed by atoms with Gasteiger partial charge in [0.15, 0.2) is 5.16 Å². The van der Waals surface area contributed by atoms with Crippen molar-refractivity contribution in [2.75, 3.05) is 12.0 Å². The van der Waals surface area contributed by atoms with Crippen molar-refractivity contribution >= 4 is 17.4 Å². The summed E-state index contributed by atoms with van der Waals surface area (Å²) in [4.78, 5) is 8.78. The fourth-order valence-electron chi connectivity index (χ4n) is 1.48. The van der Waals surface area contributed by atoms with Crippen molar-refractivity contribution in [1.29, 1.82) is 0 Å². The van der Waals surface area contributed by atoms with E-state index in [-0.39, 0.29) is 0 Å². The Labute approximate surface area is 99.1 Å². The molecule has 0 aliphatic carbocycles. The van der Waals surface area contributed by atoms with Crippen molar-refractivity contribution in [2.45, 2.75) is 12.1 Å². The number of nitrogens with two attached hydrogens (primary N) is 1. The van der Waals surface area contributed by atoms with Gasteiger partial charge in [-0.2, -0.15) is 0 Å². The fourth-order valence-corrected chi connectivity index (χ4v) is 1.90. The highest BCUT2D eigenvalue weighted by atomic mass is 32.2. The number of nitrogen functional groups attached to an aromatic ring is 1. The van der Waals surface area contributed by atoms with Crippen LogP contribution in [0.3, 0.4) is 0 Å². The van der Waals surface area contributed by atoms with Crippen LogP contribution in [0.2, 0.25) is 0 Å². The molecule has 0 radical (unpaired) electrons. The number of aromatic nitrogens is 2. The van der Waals surface area contributed by atoms with Crippen LogP contribution in [-0.4, -0.2) is 16.2 Å². The lowest BCUT2D eigenvalue weighted by molar-refractivity contribution is 0.941. The van der Waals surface area contributed by atoms with Crippen LogP contribution in [0.15, 0.2) is 35.5 Å². The molecule has 1 heterocycles. The third-order valence-electron chi connectivity index (χ3n) is 2.20. The minimum atomic E-state index is 0.750. The predicted molar refractivity (Wildman–Crippen MR) is 68.4 cm³/mol. The Bertz CT molecular complexity index is 511. The maximum atomic E-state index is 5.76. The molecule has 4 heteroatoms. The molecule has 2 aromatic rings. The van der Waals surface area contributed by atoms with Gasteiger partial charge in [-0.3, -0.25) is 0 Å². The van der Waals surface area contributed by atoms with Crippen molar-refractivity contribution in [3.8, 4) is 11.3 Å². The molecule has 0 spiro atoms. The van der Waals surface area contributed by atoms with Crippen molar-refractivity contribution in [3.63, 3.8) is 0 Å². The van der Waals surface area contributed by atoms with Crippen LogP contribution in [0, 0.1) is 6.92 Å². The summed E-state index contributed by atoms with van der Waals surface area (Å²) < 4.78 is 0. The molecule has 0 bridgehead atoms. The highest BCUT2D eigenvalue weighted by molar-refractivity contribution is 7.98. The molecule has 1 aromatic heterocycles. The molecule has 1 aromatic carbocycles. The predicted octanol–water partition coefficient (Wildman–Crippen LogP) is 2.76. The molecule has 2 rings (SSSR count). The number of rotatable bonds is 2. The second kappa shape index (κ2) is 4.53. The molecule has 0 unspecified atom stereocenters. The van der Waals surface area contributed by atoms with Crippen molar-refractivity contribution in [3.05, 3.63) is 36.0 Å². The molecule has 0 atom stereocenters. The number of hydrogen-bond acceptors (Lipinski definition) is 4. The minimum Gasteiger partial charge on any atom is -0.399 e. The molecular formula is C12H13N3S. The van der Waals surface area contributed by atoms with Gasteiger partial charge in [0, 0.05) is 16.9 Å². The average Bonchev–Trinajstić information content (AvgIpc) is 2.28. The maximum absolute atomic E-state index is 5.76. The first-order chi connectivity index (χ1) is 7.69. The molecule has 0 aliphatic rings. The van der Waals surface area contributed by atoms with Gasteiger partial charge in [-0.05, 0) is 31.4 Å². The zero-order valence-corrected chi connectivity index (χ0v) is 10.1. The molecule has 0 saturated heterocycles. The molecular weight excluding hydrogens is 218 g/mol. The van der Waals surface area contributed by atoms with E-state index in [0.29, 0.717) is 0 Å². The van der Waals surface area contributed by atoms with Gasteiger partial charge in [-0.25, -0.2) is 9.97 Å². The van der Waals surface area contributed by atoms with Crippen molar-refractivity contribution in [2.24, 2.45) is 0 Å². The molecule has 0 fully saturated rings. The van der Waals surface area contributed by atoms with E-state index in [1.165, 1.54) is 0 Å². The van der Waals surface area contributed by atoms with Gasteiger partial charge < -0.3 is 5.73 Å². The van der Waals surface area contributed by atoms with Crippen LogP contribution in [0.1, 0.15) is 5.69 Å². The van der Waals surface area contributed by atoms with E-state index in [9.17, 15) is 0 Å². The SMILES string of the molecule is CSc1nc(C)cc(-c2cccc(N)c2)n1. The molecule has 0 saturated carbocycles. The van der Waals surface area contributed by atoms with E-state index >= 15 is 0 Å². The lowest BCUT2D eigenvalue weighted by atomic mass is 10.1. The first-order valence-electron chi connectivity index (χ1n) is 4.94. The number of anilines is 1. The van der Waals surface area contributed by atoms with Crippen molar-refractivity contribution < 1.29 is 0 Å². The molecule has 3 nitrogen and oxygen atoms in total. The van der Waals surface area contributed by atoms with Crippen LogP contribution in [-0.2, 0) is 0 Å². The first-order valence-corrected chi connectivity index (χ1v) is 6.17. The zero-order chi connectivity index (χ0) is 11.5. The summed E-state index contributed by atoms with van der Waals surface area (Å²) >= 11 is 1.54. The Morgan fingerprint density at radius 2 is 2.00 bits per heavy atom. The summed E-state index contributed by atoms with van der Waals surface area (Å²) in [6, 6.07) is 9.69. The molecule has 82 valence electrons. The monoisotopic (exact) mass is 231 g/mol. The van der Waals surface area contributed by atoms with Crippen molar-refractivity contribution in [1.82, 2.24) is 9.97 Å². The van der Waals surface area contributed by atoms with E-state index in [1.54, 1.807) is 11.8 Å². The highest BCUT2D eigenvalue weighted by Crippen LogP contribution is 2.22. The quantitative estimate of drug-likeness (QED) is 0.490. The average molecular weight is 231 g/mol. The summed E-state index contributed by atoms with van der Waals surface area (Å²) in [5.74, 6) is 0. The second-order valence-electron chi connectivity index (χ2n) is 3.51. The zero-order valence-electron chi connectivity index (χ0n) is 9.27. The van der Waals surface area contributed by atoms with Crippen LogP contribution in [0.5, 0.6) is 0 Å². The third-order valence-corrected chi connectivity index (χ3v) is 2.75. The summed E-state index contributed by atoms with van der Waals surface area (Å²) in [5.41, 5.74) is 9.42. The van der Waals surface area contributed by atoms with E-state index < -0.39 is 0 Å². The number of thioether (sulfide) groups is 1. The van der Waals surface area contributed by atoms with Crippen LogP contribution < -0.4 is 5.73 Å². The number of nitrogens with zero attached hydrogens (tertiary/aromatic N) is 2. The van der Waals surface area contributed by atoms with E-state index in [0.717, 1.165) is 27.8 Å². The van der Waals surface area contributed by atoms with E-state index in [2.05, 4.69) is 9.97 Å². The molecule has 0 amide bonds. The highest BCUT2D eigenvalue weighted by Gasteiger charge is 2.04. The van der Waals surface area contributed by atoms with Gasteiger partial charge in [0.05, 0.1) is 5.69 Å². The summed E-state index contributed by atoms with van der Waals surface area (Å²) in [5, 5.41) is 0.789. The Morgan fingerprint density at radius 3 is 2.69 bits per heavy atom. The van der Waals surface area contributed by atoms with E-state index in [1.807, 2.05) is 43.5 Å². The second-order valence-corrected chi connectivity index (χ2v) is 4.28. The lowest BCUT2D eigenvalue weighted by Gasteiger charge is -2.05. The maximum Gasteiger partial charge on any atom is 0.188 e. The fraction of sp³-hybridized carbons (Fsp3) is 0.167. The molecule has 0 aliphatic heterocycles. The molecule has 16 heavy (non-hydrogen) atoms. The number of hydrogen-bond donors (Lipinski definition) is 1. The van der Waals surface area contributed by atoms with Gasteiger partial charge >= 0.3 is 0 Å². The smallest absolute Gasteiger partial charge is 0.188 e. The number of benzene rings is 1. The lowest BCUT2D eigenvalue weighted by Crippen LogP contribution is -1.93. The Kier molecular flexibility index (Phi) is 3.10. The van der Waals surface area contributed by atoms with Crippen LogP contribution in [0.25, 0.3) is 11.3 Å². The van der Waals surface area contributed by atoms with Crippen LogP contribution >= 0.6 is 11.8 Å². The van der Waals surface area contributed by atoms with Crippen LogP contribution in [0.4, 0.5) is 5.69 Å². The van der Waals surface area contributed by atoms with Gasteiger partial charge in [0.1, 0.15) is 0 Å². The summed E-state index contributed by atoms with van der Waals surface area (Å²) in [7, 11) is 0. The van der Waals surface area contributed by atoms with E-state index in [4.69, 9.17) is 5.73 Å². The summed E-state index contributed by atoms with van der Waals surface area (Å²) in [6.45, 7) is 1.97. The largest absolute Gasteiger partial charge is 0.399 e. The number of aryl methyl sites for hydroxylation is 1. The summed E-state index contributed by atoms with van der Waals surface area (Å²) in [6.07, 6.45) is 1.97. The van der Waals surface area contributed by atoms with Gasteiger partial charge in [0.2, 0.25) is 0 Å². The molecule has 2 N–H and O–H groups in total. The topological polar surface area (TPSA) is 51.8 Å².